The Morgan fingerprint density at radius 1 is 1.18 bits per heavy atom. The molecule has 0 unspecified atom stereocenters. The molecular weight excluding hydrogens is 280 g/mol. The first-order valence-electron chi connectivity index (χ1n) is 7.19. The Hall–Kier alpha value is -2.70. The van der Waals surface area contributed by atoms with Gasteiger partial charge in [0.25, 0.3) is 0 Å². The van der Waals surface area contributed by atoms with Gasteiger partial charge < -0.3 is 9.73 Å². The van der Waals surface area contributed by atoms with Gasteiger partial charge in [0.1, 0.15) is 0 Å². The minimum atomic E-state index is 0.398. The number of nitrogens with zero attached hydrogens (tertiary/aromatic N) is 5. The summed E-state index contributed by atoms with van der Waals surface area (Å²) in [5, 5.41) is 15.7. The number of aromatic nitrogens is 5. The number of pyridine rings is 1. The number of aryl methyl sites for hydroxylation is 2. The fourth-order valence-electron chi connectivity index (χ4n) is 2.37. The third-order valence-electron chi connectivity index (χ3n) is 3.60. The smallest absolute Gasteiger partial charge is 0.316 e. The summed E-state index contributed by atoms with van der Waals surface area (Å²) in [6, 6.07) is 4.06. The number of nitrogens with one attached hydrogen (secondary N) is 1. The van der Waals surface area contributed by atoms with E-state index in [1.165, 1.54) is 0 Å². The van der Waals surface area contributed by atoms with Crippen LogP contribution < -0.4 is 5.32 Å². The second kappa shape index (κ2) is 5.97. The normalized spacial score (nSPS) is 10.9. The number of hydrogen-bond donors (Lipinski definition) is 1. The molecule has 114 valence electrons. The summed E-state index contributed by atoms with van der Waals surface area (Å²) in [4.78, 5) is 3.97. The molecule has 0 aromatic carbocycles. The SMILES string of the molecule is CCn1nc(C)c(CNc2nnc(-c3ccncc3)o2)c1C. The van der Waals surface area contributed by atoms with E-state index in [1.54, 1.807) is 12.4 Å². The molecule has 0 saturated carbocycles. The first-order chi connectivity index (χ1) is 10.7. The zero-order valence-electron chi connectivity index (χ0n) is 12.9. The lowest BCUT2D eigenvalue weighted by molar-refractivity contribution is 0.580. The number of hydrogen-bond acceptors (Lipinski definition) is 6. The van der Waals surface area contributed by atoms with Crippen LogP contribution in [0.15, 0.2) is 28.9 Å². The maximum absolute atomic E-state index is 5.62. The van der Waals surface area contributed by atoms with Crippen LogP contribution in [-0.4, -0.2) is 25.0 Å². The van der Waals surface area contributed by atoms with Crippen molar-refractivity contribution >= 4 is 6.01 Å². The van der Waals surface area contributed by atoms with Gasteiger partial charge in [-0.25, -0.2) is 0 Å². The maximum atomic E-state index is 5.62. The van der Waals surface area contributed by atoms with Gasteiger partial charge in [-0.1, -0.05) is 5.10 Å². The van der Waals surface area contributed by atoms with Gasteiger partial charge in [0.2, 0.25) is 5.89 Å². The molecule has 7 nitrogen and oxygen atoms in total. The molecule has 0 aliphatic carbocycles. The lowest BCUT2D eigenvalue weighted by atomic mass is 10.2. The Morgan fingerprint density at radius 2 is 1.95 bits per heavy atom. The third-order valence-corrected chi connectivity index (χ3v) is 3.60. The Balaban J connectivity index is 1.73. The predicted molar refractivity (Wildman–Crippen MR) is 82.2 cm³/mol. The molecule has 0 aliphatic rings. The van der Waals surface area contributed by atoms with Gasteiger partial charge in [-0.15, -0.1) is 5.10 Å². The summed E-state index contributed by atoms with van der Waals surface area (Å²) in [5.41, 5.74) is 4.18. The van der Waals surface area contributed by atoms with Crippen molar-refractivity contribution in [2.24, 2.45) is 0 Å². The van der Waals surface area contributed by atoms with Crippen LogP contribution in [0.3, 0.4) is 0 Å². The molecule has 1 N–H and O–H groups in total. The summed E-state index contributed by atoms with van der Waals surface area (Å²) < 4.78 is 7.60. The largest absolute Gasteiger partial charge is 0.403 e. The topological polar surface area (TPSA) is 81.7 Å². The highest BCUT2D eigenvalue weighted by Crippen LogP contribution is 2.20. The molecule has 3 aromatic rings. The highest BCUT2D eigenvalue weighted by atomic mass is 16.4. The minimum absolute atomic E-state index is 0.398. The standard InChI is InChI=1S/C15H18N6O/c1-4-21-11(3)13(10(2)20-21)9-17-15-19-18-14(22-15)12-5-7-16-8-6-12/h5-8H,4,9H2,1-3H3,(H,17,19). The highest BCUT2D eigenvalue weighted by Gasteiger charge is 2.12. The van der Waals surface area contributed by atoms with E-state index in [1.807, 2.05) is 23.7 Å². The Morgan fingerprint density at radius 3 is 2.64 bits per heavy atom. The first-order valence-corrected chi connectivity index (χ1v) is 7.19. The molecule has 3 rings (SSSR count). The fourth-order valence-corrected chi connectivity index (χ4v) is 2.37. The summed E-state index contributed by atoms with van der Waals surface area (Å²) in [6.45, 7) is 7.62. The molecule has 0 aliphatic heterocycles. The van der Waals surface area contributed by atoms with Crippen molar-refractivity contribution in [2.75, 3.05) is 5.32 Å². The second-order valence-electron chi connectivity index (χ2n) is 4.97. The van der Waals surface area contributed by atoms with E-state index in [9.17, 15) is 0 Å². The Kier molecular flexibility index (Phi) is 3.86. The van der Waals surface area contributed by atoms with Crippen molar-refractivity contribution in [1.82, 2.24) is 25.0 Å². The third kappa shape index (κ3) is 2.69. The summed E-state index contributed by atoms with van der Waals surface area (Å²) in [6.07, 6.45) is 3.39. The molecule has 0 amide bonds. The first kappa shape index (κ1) is 14.2. The minimum Gasteiger partial charge on any atom is -0.403 e. The van der Waals surface area contributed by atoms with Crippen molar-refractivity contribution in [1.29, 1.82) is 0 Å². The van der Waals surface area contributed by atoms with Crippen LogP contribution in [0.4, 0.5) is 6.01 Å². The van der Waals surface area contributed by atoms with Crippen molar-refractivity contribution < 1.29 is 4.42 Å². The molecule has 3 aromatic heterocycles. The van der Waals surface area contributed by atoms with Gasteiger partial charge in [0, 0.05) is 42.3 Å². The van der Waals surface area contributed by atoms with Crippen molar-refractivity contribution in [3.8, 4) is 11.5 Å². The van der Waals surface area contributed by atoms with Crippen LogP contribution in [0.1, 0.15) is 23.9 Å². The number of rotatable bonds is 5. The van der Waals surface area contributed by atoms with Crippen molar-refractivity contribution in [3.63, 3.8) is 0 Å². The maximum Gasteiger partial charge on any atom is 0.316 e. The van der Waals surface area contributed by atoms with Gasteiger partial charge >= 0.3 is 6.01 Å². The second-order valence-corrected chi connectivity index (χ2v) is 4.97. The lowest BCUT2D eigenvalue weighted by Crippen LogP contribution is -2.03. The Labute approximate surface area is 128 Å². The quantitative estimate of drug-likeness (QED) is 0.779. The van der Waals surface area contributed by atoms with Crippen LogP contribution in [-0.2, 0) is 13.1 Å². The molecule has 22 heavy (non-hydrogen) atoms. The van der Waals surface area contributed by atoms with Crippen LogP contribution in [0.5, 0.6) is 0 Å². The zero-order valence-corrected chi connectivity index (χ0v) is 12.9. The van der Waals surface area contributed by atoms with Crippen LogP contribution >= 0.6 is 0 Å². The van der Waals surface area contributed by atoms with E-state index in [2.05, 4.69) is 39.4 Å². The molecule has 0 radical (unpaired) electrons. The van der Waals surface area contributed by atoms with Gasteiger partial charge in [0.15, 0.2) is 0 Å². The highest BCUT2D eigenvalue weighted by molar-refractivity contribution is 5.51. The van der Waals surface area contributed by atoms with E-state index < -0.39 is 0 Å². The molecule has 3 heterocycles. The van der Waals surface area contributed by atoms with Gasteiger partial charge in [-0.2, -0.15) is 5.10 Å². The molecular formula is C15H18N6O. The summed E-state index contributed by atoms with van der Waals surface area (Å²) in [7, 11) is 0. The van der Waals surface area contributed by atoms with E-state index in [4.69, 9.17) is 4.42 Å². The molecule has 0 atom stereocenters. The molecule has 7 heteroatoms. The average Bonchev–Trinajstić information content (AvgIpc) is 3.12. The summed E-state index contributed by atoms with van der Waals surface area (Å²) in [5.74, 6) is 0.475. The van der Waals surface area contributed by atoms with E-state index in [0.29, 0.717) is 18.5 Å². The van der Waals surface area contributed by atoms with E-state index in [-0.39, 0.29) is 0 Å². The molecule has 0 bridgehead atoms. The van der Waals surface area contributed by atoms with Crippen molar-refractivity contribution in [3.05, 3.63) is 41.5 Å². The summed E-state index contributed by atoms with van der Waals surface area (Å²) >= 11 is 0. The predicted octanol–water partition coefficient (Wildman–Crippen LogP) is 2.58. The van der Waals surface area contributed by atoms with Gasteiger partial charge in [-0.05, 0) is 32.9 Å². The van der Waals surface area contributed by atoms with Gasteiger partial charge in [0.05, 0.1) is 5.69 Å². The van der Waals surface area contributed by atoms with Crippen LogP contribution in [0.25, 0.3) is 11.5 Å². The monoisotopic (exact) mass is 298 g/mol. The lowest BCUT2D eigenvalue weighted by Gasteiger charge is -2.03. The van der Waals surface area contributed by atoms with E-state index in [0.717, 1.165) is 29.1 Å². The van der Waals surface area contributed by atoms with Gasteiger partial charge in [-0.3, -0.25) is 9.67 Å². The fraction of sp³-hybridized carbons (Fsp3) is 0.333. The molecule has 0 saturated heterocycles. The van der Waals surface area contributed by atoms with Crippen LogP contribution in [0, 0.1) is 13.8 Å². The van der Waals surface area contributed by atoms with E-state index >= 15 is 0 Å². The Bertz CT molecular complexity index is 762. The molecule has 0 fully saturated rings. The van der Waals surface area contributed by atoms with Crippen molar-refractivity contribution in [2.45, 2.75) is 33.9 Å². The number of anilines is 1. The zero-order chi connectivity index (χ0) is 15.5. The average molecular weight is 298 g/mol. The molecule has 0 spiro atoms. The van der Waals surface area contributed by atoms with Crippen LogP contribution in [0.2, 0.25) is 0 Å².